The van der Waals surface area contributed by atoms with E-state index in [2.05, 4.69) is 8.37 Å². The van der Waals surface area contributed by atoms with Crippen LogP contribution >= 0.6 is 0 Å². The first-order valence-corrected chi connectivity index (χ1v) is 18.5. The van der Waals surface area contributed by atoms with Crippen molar-refractivity contribution in [2.24, 2.45) is 0 Å². The number of aliphatic hydroxyl groups is 11. The van der Waals surface area contributed by atoms with E-state index in [1.165, 1.54) is 0 Å². The van der Waals surface area contributed by atoms with Crippen LogP contribution in [-0.2, 0) is 67.1 Å². The van der Waals surface area contributed by atoms with Gasteiger partial charge in [-0.05, 0) is 0 Å². The van der Waals surface area contributed by atoms with Crippen LogP contribution in [0, 0.1) is 0 Å². The van der Waals surface area contributed by atoms with Gasteiger partial charge in [0.05, 0.1) is 26.4 Å². The first-order chi connectivity index (χ1) is 25.1. The number of rotatable bonds is 15. The van der Waals surface area contributed by atoms with Crippen LogP contribution in [-0.4, -0.2) is 238 Å². The Labute approximate surface area is 305 Å². The standard InChI is InChI=1S/C25H44O27S2/c1-43-18-8(4-44-53(37,38)39)48-23(14(32)12(18)30)52-21-11(29)7(3-27)47-25(17(21)35)50-19-9(5-45-54(40,41)42)49-24(15(33)13(19)31)51-20-10(28)6(2-26)46-22(36)16(20)34/h6-36H,2-5H2,1H3,(H,37,38,39)(H,40,41,42)/t6-,7?,8?,9-,10-,11-,12+,13?,14?,15?,16?,17?,18-,19-,20?,21-,22+,23-,24-,25-/m0/s1. The lowest BCUT2D eigenvalue weighted by Crippen LogP contribution is -2.67. The molecule has 0 aliphatic carbocycles. The summed E-state index contributed by atoms with van der Waals surface area (Å²) in [6.45, 7) is -4.16. The molecule has 54 heavy (non-hydrogen) atoms. The van der Waals surface area contributed by atoms with Crippen LogP contribution in [0.15, 0.2) is 0 Å². The predicted molar refractivity (Wildman–Crippen MR) is 160 cm³/mol. The van der Waals surface area contributed by atoms with Crippen LogP contribution in [0.2, 0.25) is 0 Å². The third-order valence-corrected chi connectivity index (χ3v) is 9.72. The Balaban J connectivity index is 1.56. The van der Waals surface area contributed by atoms with Crippen LogP contribution < -0.4 is 0 Å². The maximum absolute atomic E-state index is 11.4. The Bertz CT molecular complexity index is 1410. The van der Waals surface area contributed by atoms with E-state index in [0.717, 1.165) is 7.11 Å². The molecule has 0 aromatic heterocycles. The van der Waals surface area contributed by atoms with E-state index in [4.69, 9.17) is 42.4 Å². The third kappa shape index (κ3) is 10.7. The SMILES string of the molecule is CO[C@H]1C(COS(=O)(=O)O)O[C@@H](O[C@@H]2C(O)[C@H](O[C@@H]3C(O)C(O)[C@H](OC4C(O)[C@H](O)O[C@@H](CO)[C@@H]4O)O[C@H]3COS(=O)(=O)O)OC(CO)[C@@H]2O)C(O)[C@H]1O. The summed E-state index contributed by atoms with van der Waals surface area (Å²) in [4.78, 5) is 0. The number of aliphatic hydroxyl groups excluding tert-OH is 11. The summed E-state index contributed by atoms with van der Waals surface area (Å²) < 4.78 is 115. The minimum Gasteiger partial charge on any atom is -0.394 e. The zero-order valence-corrected chi connectivity index (χ0v) is 29.4. The van der Waals surface area contributed by atoms with Crippen molar-refractivity contribution in [2.45, 2.75) is 123 Å². The highest BCUT2D eigenvalue weighted by atomic mass is 32.3. The van der Waals surface area contributed by atoms with Crippen molar-refractivity contribution < 1.29 is 128 Å². The number of methoxy groups -OCH3 is 1. The zero-order chi connectivity index (χ0) is 40.4. The Kier molecular flexibility index (Phi) is 15.8. The van der Waals surface area contributed by atoms with Gasteiger partial charge in [-0.3, -0.25) is 9.11 Å². The highest BCUT2D eigenvalue weighted by Crippen LogP contribution is 2.35. The Hall–Kier alpha value is -1.02. The van der Waals surface area contributed by atoms with Crippen LogP contribution in [0.4, 0.5) is 0 Å². The monoisotopic (exact) mass is 840 g/mol. The molecule has 0 bridgehead atoms. The second-order valence-electron chi connectivity index (χ2n) is 12.4. The van der Waals surface area contributed by atoms with Gasteiger partial charge in [-0.1, -0.05) is 0 Å². The number of hydrogen-bond donors (Lipinski definition) is 13. The summed E-state index contributed by atoms with van der Waals surface area (Å²) >= 11 is 0. The fourth-order valence-electron chi connectivity index (χ4n) is 6.09. The summed E-state index contributed by atoms with van der Waals surface area (Å²) in [5.74, 6) is 0. The summed E-state index contributed by atoms with van der Waals surface area (Å²) in [7, 11) is -9.25. The van der Waals surface area contributed by atoms with E-state index in [9.17, 15) is 77.6 Å². The maximum Gasteiger partial charge on any atom is 0.397 e. The van der Waals surface area contributed by atoms with E-state index in [0.29, 0.717) is 0 Å². The van der Waals surface area contributed by atoms with Crippen molar-refractivity contribution in [1.82, 2.24) is 0 Å². The molecule has 29 heteroatoms. The van der Waals surface area contributed by atoms with E-state index in [1.807, 2.05) is 0 Å². The van der Waals surface area contributed by atoms with E-state index >= 15 is 0 Å². The zero-order valence-electron chi connectivity index (χ0n) is 27.7. The molecule has 20 atom stereocenters. The first-order valence-electron chi connectivity index (χ1n) is 15.8. The van der Waals surface area contributed by atoms with Gasteiger partial charge in [0.25, 0.3) is 0 Å². The molecule has 0 amide bonds. The highest BCUT2D eigenvalue weighted by Gasteiger charge is 2.55. The summed E-state index contributed by atoms with van der Waals surface area (Å²) in [5.41, 5.74) is 0. The van der Waals surface area contributed by atoms with Gasteiger partial charge in [-0.25, -0.2) is 8.37 Å². The second kappa shape index (κ2) is 18.7. The predicted octanol–water partition coefficient (Wildman–Crippen LogP) is -9.44. The molecule has 13 N–H and O–H groups in total. The quantitative estimate of drug-likeness (QED) is 0.0681. The van der Waals surface area contributed by atoms with Crippen molar-refractivity contribution >= 4 is 20.8 Å². The Morgan fingerprint density at radius 2 is 0.833 bits per heavy atom. The van der Waals surface area contributed by atoms with Crippen molar-refractivity contribution in [2.75, 3.05) is 33.5 Å². The summed E-state index contributed by atoms with van der Waals surface area (Å²) in [6.07, 6.45) is -39.2. The van der Waals surface area contributed by atoms with Crippen molar-refractivity contribution in [1.29, 1.82) is 0 Å². The molecule has 8 unspecified atom stereocenters. The molecule has 4 saturated heterocycles. The molecule has 4 rings (SSSR count). The molecule has 0 spiro atoms. The lowest BCUT2D eigenvalue weighted by molar-refractivity contribution is -0.388. The Morgan fingerprint density at radius 3 is 1.28 bits per heavy atom. The normalized spacial score (nSPS) is 46.7. The first kappa shape index (κ1) is 45.7. The van der Waals surface area contributed by atoms with Crippen LogP contribution in [0.5, 0.6) is 0 Å². The Morgan fingerprint density at radius 1 is 0.463 bits per heavy atom. The molecule has 0 aromatic rings. The number of ether oxygens (including phenoxy) is 8. The van der Waals surface area contributed by atoms with Gasteiger partial charge in [0, 0.05) is 7.11 Å². The fourth-order valence-corrected chi connectivity index (χ4v) is 6.70. The van der Waals surface area contributed by atoms with Gasteiger partial charge in [0.1, 0.15) is 97.7 Å². The van der Waals surface area contributed by atoms with Crippen molar-refractivity contribution in [3.05, 3.63) is 0 Å². The lowest BCUT2D eigenvalue weighted by atomic mass is 9.95. The average molecular weight is 841 g/mol. The number of hydrogen-bond acceptors (Lipinski definition) is 25. The third-order valence-electron chi connectivity index (χ3n) is 8.85. The molecule has 4 fully saturated rings. The molecule has 318 valence electrons. The maximum atomic E-state index is 11.4. The largest absolute Gasteiger partial charge is 0.397 e. The summed E-state index contributed by atoms with van der Waals surface area (Å²) in [5, 5.41) is 116. The van der Waals surface area contributed by atoms with Crippen molar-refractivity contribution in [3.8, 4) is 0 Å². The molecule has 4 heterocycles. The molecule has 27 nitrogen and oxygen atoms in total. The van der Waals surface area contributed by atoms with Crippen LogP contribution in [0.1, 0.15) is 0 Å². The smallest absolute Gasteiger partial charge is 0.394 e. The molecule has 0 radical (unpaired) electrons. The minimum atomic E-state index is -5.25. The lowest BCUT2D eigenvalue weighted by Gasteiger charge is -2.49. The molecule has 0 aromatic carbocycles. The van der Waals surface area contributed by atoms with Gasteiger partial charge >= 0.3 is 20.8 Å². The topological polar surface area (TPSA) is 424 Å². The highest BCUT2D eigenvalue weighted by molar-refractivity contribution is 7.81. The van der Waals surface area contributed by atoms with E-state index < -0.39 is 170 Å². The summed E-state index contributed by atoms with van der Waals surface area (Å²) in [6, 6.07) is 0. The van der Waals surface area contributed by atoms with Gasteiger partial charge in [0.2, 0.25) is 0 Å². The van der Waals surface area contributed by atoms with Gasteiger partial charge in [-0.2, -0.15) is 16.8 Å². The minimum absolute atomic E-state index is 0.886. The molecular weight excluding hydrogens is 796 g/mol. The van der Waals surface area contributed by atoms with Crippen molar-refractivity contribution in [3.63, 3.8) is 0 Å². The van der Waals surface area contributed by atoms with Crippen LogP contribution in [0.3, 0.4) is 0 Å². The molecule has 0 saturated carbocycles. The van der Waals surface area contributed by atoms with Crippen LogP contribution in [0.25, 0.3) is 0 Å². The molecule has 4 aliphatic heterocycles. The van der Waals surface area contributed by atoms with Gasteiger partial charge < -0.3 is 94.1 Å². The molecule has 4 aliphatic rings. The van der Waals surface area contributed by atoms with E-state index in [-0.39, 0.29) is 0 Å². The van der Waals surface area contributed by atoms with Gasteiger partial charge in [-0.15, -0.1) is 0 Å². The van der Waals surface area contributed by atoms with E-state index in [1.54, 1.807) is 0 Å². The fraction of sp³-hybridized carbons (Fsp3) is 1.00. The van der Waals surface area contributed by atoms with Gasteiger partial charge in [0.15, 0.2) is 25.2 Å². The molecular formula is C25H44O27S2. The second-order valence-corrected chi connectivity index (χ2v) is 14.6. The average Bonchev–Trinajstić information content (AvgIpc) is 3.10.